The molecule has 0 bridgehead atoms. The van der Waals surface area contributed by atoms with Crippen LogP contribution in [-0.4, -0.2) is 39.5 Å². The molecule has 0 spiro atoms. The number of thiophene rings is 1. The molecule has 0 aromatic carbocycles. The van der Waals surface area contributed by atoms with Crippen molar-refractivity contribution < 1.29 is 14.7 Å². The van der Waals surface area contributed by atoms with Crippen molar-refractivity contribution in [3.05, 3.63) is 28.6 Å². The van der Waals surface area contributed by atoms with Gasteiger partial charge in [0.1, 0.15) is 10.5 Å². The molecule has 5 nitrogen and oxygen atoms in total. The Hall–Kier alpha value is -1.73. The summed E-state index contributed by atoms with van der Waals surface area (Å²) >= 11 is 3.08. The summed E-state index contributed by atoms with van der Waals surface area (Å²) in [6, 6.07) is 3.93. The number of carbonyl (C=O) groups excluding carboxylic acids is 1. The van der Waals surface area contributed by atoms with Crippen LogP contribution in [0, 0.1) is 0 Å². The Morgan fingerprint density at radius 2 is 2.10 bits per heavy atom. The highest BCUT2D eigenvalue weighted by Crippen LogP contribution is 2.28. The van der Waals surface area contributed by atoms with Gasteiger partial charge in [0, 0.05) is 12.4 Å². The van der Waals surface area contributed by atoms with Gasteiger partial charge in [-0.15, -0.1) is 22.7 Å². The number of carbonyl (C=O) groups is 2. The molecule has 0 fully saturated rings. The normalized spacial score (nSPS) is 11.4. The second kappa shape index (κ2) is 5.95. The van der Waals surface area contributed by atoms with E-state index in [1.54, 1.807) is 11.3 Å². The third-order valence-corrected chi connectivity index (χ3v) is 5.28. The summed E-state index contributed by atoms with van der Waals surface area (Å²) in [5.74, 6) is -1.29. The number of thiazole rings is 1. The number of amides is 1. The molecule has 1 N–H and O–H groups in total. The van der Waals surface area contributed by atoms with Crippen LogP contribution in [-0.2, 0) is 16.0 Å². The van der Waals surface area contributed by atoms with Crippen LogP contribution in [0.3, 0.4) is 0 Å². The Morgan fingerprint density at radius 3 is 2.67 bits per heavy atom. The Labute approximate surface area is 130 Å². The average Bonchev–Trinajstić information content (AvgIpc) is 3.07. The van der Waals surface area contributed by atoms with E-state index in [1.807, 2.05) is 22.9 Å². The van der Waals surface area contributed by atoms with Crippen LogP contribution in [0.4, 0.5) is 0 Å². The fourth-order valence-corrected chi connectivity index (χ4v) is 3.26. The fourth-order valence-electron chi connectivity index (χ4n) is 1.63. The van der Waals surface area contributed by atoms with Gasteiger partial charge in [-0.3, -0.25) is 4.79 Å². The van der Waals surface area contributed by atoms with Crippen LogP contribution < -0.4 is 0 Å². The molecule has 112 valence electrons. The van der Waals surface area contributed by atoms with Crippen molar-refractivity contribution in [2.45, 2.75) is 25.8 Å². The molecule has 0 saturated carbocycles. The van der Waals surface area contributed by atoms with E-state index in [1.165, 1.54) is 37.1 Å². The van der Waals surface area contributed by atoms with Gasteiger partial charge in [-0.05, 0) is 25.3 Å². The van der Waals surface area contributed by atoms with Crippen molar-refractivity contribution in [2.75, 3.05) is 7.05 Å². The molecule has 0 atom stereocenters. The summed E-state index contributed by atoms with van der Waals surface area (Å²) < 4.78 is 0. The third kappa shape index (κ3) is 3.30. The minimum atomic E-state index is -1.23. The molecule has 2 rings (SSSR count). The van der Waals surface area contributed by atoms with Crippen LogP contribution in [0.1, 0.15) is 19.5 Å². The number of rotatable bonds is 5. The molecule has 0 unspecified atom stereocenters. The van der Waals surface area contributed by atoms with Gasteiger partial charge in [0.05, 0.1) is 17.0 Å². The summed E-state index contributed by atoms with van der Waals surface area (Å²) in [5.41, 5.74) is -0.564. The zero-order valence-electron chi connectivity index (χ0n) is 12.0. The molecule has 7 heteroatoms. The first-order valence-electron chi connectivity index (χ1n) is 6.30. The van der Waals surface area contributed by atoms with Crippen molar-refractivity contribution in [1.82, 2.24) is 9.88 Å². The topological polar surface area (TPSA) is 70.5 Å². The monoisotopic (exact) mass is 324 g/mol. The van der Waals surface area contributed by atoms with Gasteiger partial charge in [-0.25, -0.2) is 9.78 Å². The van der Waals surface area contributed by atoms with Crippen molar-refractivity contribution in [3.8, 4) is 9.88 Å². The Balaban J connectivity index is 2.08. The third-order valence-electron chi connectivity index (χ3n) is 3.35. The molecular weight excluding hydrogens is 308 g/mol. The van der Waals surface area contributed by atoms with Crippen molar-refractivity contribution in [2.24, 2.45) is 0 Å². The number of aromatic nitrogens is 1. The van der Waals surface area contributed by atoms with Gasteiger partial charge in [0.2, 0.25) is 5.91 Å². The van der Waals surface area contributed by atoms with Gasteiger partial charge in [-0.2, -0.15) is 0 Å². The van der Waals surface area contributed by atoms with E-state index < -0.39 is 11.5 Å². The molecule has 0 aliphatic rings. The van der Waals surface area contributed by atoms with E-state index in [0.717, 1.165) is 9.88 Å². The lowest BCUT2D eigenvalue weighted by molar-refractivity contribution is -0.155. The largest absolute Gasteiger partial charge is 0.480 e. The van der Waals surface area contributed by atoms with E-state index in [-0.39, 0.29) is 12.3 Å². The fraction of sp³-hybridized carbons (Fsp3) is 0.357. The maximum atomic E-state index is 12.2. The number of hydrogen-bond acceptors (Lipinski definition) is 5. The van der Waals surface area contributed by atoms with Gasteiger partial charge in [-0.1, -0.05) is 6.07 Å². The SMILES string of the molecule is CN(C(=O)Cc1csc(-c2cccs2)n1)C(C)(C)C(=O)O. The predicted molar refractivity (Wildman–Crippen MR) is 83.6 cm³/mol. The number of nitrogens with zero attached hydrogens (tertiary/aromatic N) is 2. The molecule has 2 aromatic heterocycles. The first-order valence-corrected chi connectivity index (χ1v) is 8.06. The quantitative estimate of drug-likeness (QED) is 0.918. The van der Waals surface area contributed by atoms with Crippen molar-refractivity contribution in [3.63, 3.8) is 0 Å². The number of carboxylic acids is 1. The second-order valence-corrected chi connectivity index (χ2v) is 6.92. The average molecular weight is 324 g/mol. The van der Waals surface area contributed by atoms with E-state index in [4.69, 9.17) is 5.11 Å². The van der Waals surface area contributed by atoms with Gasteiger partial charge >= 0.3 is 5.97 Å². The van der Waals surface area contributed by atoms with E-state index in [2.05, 4.69) is 4.98 Å². The number of hydrogen-bond donors (Lipinski definition) is 1. The smallest absolute Gasteiger partial charge is 0.329 e. The van der Waals surface area contributed by atoms with E-state index in [0.29, 0.717) is 5.69 Å². The van der Waals surface area contributed by atoms with Gasteiger partial charge in [0.15, 0.2) is 0 Å². The lowest BCUT2D eigenvalue weighted by Crippen LogP contribution is -2.51. The maximum Gasteiger partial charge on any atom is 0.329 e. The van der Waals surface area contributed by atoms with Crippen molar-refractivity contribution >= 4 is 34.6 Å². The highest BCUT2D eigenvalue weighted by molar-refractivity contribution is 7.20. The molecule has 0 saturated heterocycles. The molecule has 1 amide bonds. The minimum absolute atomic E-state index is 0.106. The van der Waals surface area contributed by atoms with E-state index >= 15 is 0 Å². The van der Waals surface area contributed by atoms with Gasteiger partial charge in [0.25, 0.3) is 0 Å². The summed E-state index contributed by atoms with van der Waals surface area (Å²) in [4.78, 5) is 30.1. The lowest BCUT2D eigenvalue weighted by atomic mass is 10.0. The molecule has 0 aliphatic carbocycles. The molecule has 0 aliphatic heterocycles. The number of likely N-dealkylation sites (N-methyl/N-ethyl adjacent to an activating group) is 1. The number of carboxylic acid groups (broad SMARTS) is 1. The minimum Gasteiger partial charge on any atom is -0.480 e. The Morgan fingerprint density at radius 1 is 1.38 bits per heavy atom. The Kier molecular flexibility index (Phi) is 4.43. The molecule has 21 heavy (non-hydrogen) atoms. The number of aliphatic carboxylic acids is 1. The standard InChI is InChI=1S/C14H16N2O3S2/c1-14(2,13(18)19)16(3)11(17)7-9-8-21-12(15-9)10-5-4-6-20-10/h4-6,8H,7H2,1-3H3,(H,18,19). The zero-order valence-corrected chi connectivity index (χ0v) is 13.6. The summed E-state index contributed by atoms with van der Waals surface area (Å²) in [7, 11) is 1.50. The van der Waals surface area contributed by atoms with Crippen LogP contribution >= 0.6 is 22.7 Å². The summed E-state index contributed by atoms with van der Waals surface area (Å²) in [6.45, 7) is 3.01. The van der Waals surface area contributed by atoms with E-state index in [9.17, 15) is 9.59 Å². The Bertz CT molecular complexity index is 647. The summed E-state index contributed by atoms with van der Waals surface area (Å²) in [6.07, 6.45) is 0.106. The lowest BCUT2D eigenvalue weighted by Gasteiger charge is -2.31. The molecular formula is C14H16N2O3S2. The highest BCUT2D eigenvalue weighted by atomic mass is 32.1. The molecule has 2 aromatic rings. The second-order valence-electron chi connectivity index (χ2n) is 5.11. The van der Waals surface area contributed by atoms with Crippen LogP contribution in [0.25, 0.3) is 9.88 Å². The van der Waals surface area contributed by atoms with Crippen LogP contribution in [0.5, 0.6) is 0 Å². The predicted octanol–water partition coefficient (Wildman–Crippen LogP) is 2.74. The highest BCUT2D eigenvalue weighted by Gasteiger charge is 2.35. The van der Waals surface area contributed by atoms with Crippen LogP contribution in [0.15, 0.2) is 22.9 Å². The van der Waals surface area contributed by atoms with Gasteiger partial charge < -0.3 is 10.0 Å². The van der Waals surface area contributed by atoms with Crippen LogP contribution in [0.2, 0.25) is 0 Å². The zero-order chi connectivity index (χ0) is 15.6. The first-order chi connectivity index (χ1) is 9.82. The first kappa shape index (κ1) is 15.7. The molecule has 0 radical (unpaired) electrons. The maximum absolute atomic E-state index is 12.2. The molecule has 2 heterocycles. The van der Waals surface area contributed by atoms with Crippen molar-refractivity contribution in [1.29, 1.82) is 0 Å². The summed E-state index contributed by atoms with van der Waals surface area (Å²) in [5, 5.41) is 13.9.